The number of amides is 1. The predicted molar refractivity (Wildman–Crippen MR) is 85.5 cm³/mol. The molecule has 6 nitrogen and oxygen atoms in total. The molecule has 1 amide bonds. The van der Waals surface area contributed by atoms with Crippen LogP contribution in [-0.4, -0.2) is 61.0 Å². The smallest absolute Gasteiger partial charge is 0.272 e. The second-order valence-corrected chi connectivity index (χ2v) is 6.49. The minimum Gasteiger partial charge on any atom is -0.371 e. The Bertz CT molecular complexity index is 570. The Kier molecular flexibility index (Phi) is 3.95. The molecule has 1 aromatic heterocycles. The van der Waals surface area contributed by atoms with Crippen molar-refractivity contribution in [1.82, 2.24) is 9.88 Å². The number of nitrogens with zero attached hydrogens (tertiary/aromatic N) is 3. The first-order valence-corrected chi connectivity index (χ1v) is 8.54. The molecule has 0 aliphatic carbocycles. The zero-order valence-electron chi connectivity index (χ0n) is 13.4. The third-order valence-corrected chi connectivity index (χ3v) is 5.06. The first kappa shape index (κ1) is 14.9. The molecule has 0 N–H and O–H groups in total. The van der Waals surface area contributed by atoms with Crippen LogP contribution >= 0.6 is 0 Å². The molecule has 0 bridgehead atoms. The Hall–Kier alpha value is -1.66. The Morgan fingerprint density at radius 3 is 2.48 bits per heavy atom. The molecule has 0 atom stereocenters. The zero-order valence-corrected chi connectivity index (χ0v) is 13.4. The molecule has 3 aliphatic heterocycles. The summed E-state index contributed by atoms with van der Waals surface area (Å²) in [5, 5.41) is 0. The summed E-state index contributed by atoms with van der Waals surface area (Å²) in [5.74, 6) is -0.308. The Morgan fingerprint density at radius 1 is 1.09 bits per heavy atom. The van der Waals surface area contributed by atoms with Gasteiger partial charge in [-0.25, -0.2) is 0 Å². The summed E-state index contributed by atoms with van der Waals surface area (Å²) in [7, 11) is 0. The summed E-state index contributed by atoms with van der Waals surface area (Å²) in [6.45, 7) is 4.85. The molecular formula is C17H23N3O3. The van der Waals surface area contributed by atoms with E-state index in [2.05, 4.69) is 9.88 Å². The van der Waals surface area contributed by atoms with Gasteiger partial charge in [0.25, 0.3) is 5.91 Å². The maximum atomic E-state index is 12.5. The summed E-state index contributed by atoms with van der Waals surface area (Å²) in [5.41, 5.74) is 1.62. The highest BCUT2D eigenvalue weighted by molar-refractivity contribution is 5.93. The molecule has 0 radical (unpaired) electrons. The minimum atomic E-state index is -0.363. The number of hydrogen-bond acceptors (Lipinski definition) is 5. The van der Waals surface area contributed by atoms with Crippen molar-refractivity contribution in [2.75, 3.05) is 44.3 Å². The molecule has 23 heavy (non-hydrogen) atoms. The largest absolute Gasteiger partial charge is 0.371 e. The number of ether oxygens (including phenoxy) is 2. The van der Waals surface area contributed by atoms with Gasteiger partial charge in [-0.15, -0.1) is 0 Å². The van der Waals surface area contributed by atoms with Gasteiger partial charge in [-0.2, -0.15) is 0 Å². The van der Waals surface area contributed by atoms with Crippen LogP contribution in [0.3, 0.4) is 0 Å². The van der Waals surface area contributed by atoms with Gasteiger partial charge in [0.15, 0.2) is 5.79 Å². The number of carbonyl (C=O) groups excluding carboxylic acids is 1. The number of carbonyl (C=O) groups is 1. The van der Waals surface area contributed by atoms with Gasteiger partial charge in [0.2, 0.25) is 0 Å². The molecule has 6 heteroatoms. The number of rotatable bonds is 2. The van der Waals surface area contributed by atoms with Gasteiger partial charge >= 0.3 is 0 Å². The van der Waals surface area contributed by atoms with Gasteiger partial charge < -0.3 is 19.3 Å². The van der Waals surface area contributed by atoms with Gasteiger partial charge in [-0.3, -0.25) is 9.78 Å². The van der Waals surface area contributed by atoms with E-state index >= 15 is 0 Å². The monoisotopic (exact) mass is 317 g/mol. The van der Waals surface area contributed by atoms with Crippen LogP contribution in [0.4, 0.5) is 5.69 Å². The van der Waals surface area contributed by atoms with Crippen molar-refractivity contribution in [2.24, 2.45) is 0 Å². The number of likely N-dealkylation sites (tertiary alicyclic amines) is 1. The average Bonchev–Trinajstić information content (AvgIpc) is 3.27. The van der Waals surface area contributed by atoms with Crippen molar-refractivity contribution in [3.63, 3.8) is 0 Å². The molecule has 0 saturated carbocycles. The van der Waals surface area contributed by atoms with Crippen LogP contribution in [0.1, 0.15) is 36.2 Å². The van der Waals surface area contributed by atoms with E-state index in [0.717, 1.165) is 57.5 Å². The third-order valence-electron chi connectivity index (χ3n) is 5.06. The molecule has 3 saturated heterocycles. The second-order valence-electron chi connectivity index (χ2n) is 6.49. The van der Waals surface area contributed by atoms with Crippen LogP contribution in [0.15, 0.2) is 18.3 Å². The maximum absolute atomic E-state index is 12.5. The fourth-order valence-corrected chi connectivity index (χ4v) is 3.71. The molecular weight excluding hydrogens is 294 g/mol. The normalized spacial score (nSPS) is 23.7. The highest BCUT2D eigenvalue weighted by Crippen LogP contribution is 2.33. The molecule has 0 unspecified atom stereocenters. The molecule has 3 fully saturated rings. The second kappa shape index (κ2) is 6.09. The van der Waals surface area contributed by atoms with Crippen LogP contribution in [0.25, 0.3) is 0 Å². The van der Waals surface area contributed by atoms with Crippen molar-refractivity contribution in [1.29, 1.82) is 0 Å². The molecule has 0 aromatic carbocycles. The summed E-state index contributed by atoms with van der Waals surface area (Å²) < 4.78 is 11.5. The Morgan fingerprint density at radius 2 is 1.78 bits per heavy atom. The molecule has 1 aromatic rings. The van der Waals surface area contributed by atoms with E-state index in [1.165, 1.54) is 0 Å². The summed E-state index contributed by atoms with van der Waals surface area (Å²) >= 11 is 0. The Labute approximate surface area is 136 Å². The number of piperidine rings is 1. The summed E-state index contributed by atoms with van der Waals surface area (Å²) in [6.07, 6.45) is 5.67. The van der Waals surface area contributed by atoms with Gasteiger partial charge in [-0.1, -0.05) is 0 Å². The molecule has 4 rings (SSSR count). The molecule has 3 aliphatic rings. The summed E-state index contributed by atoms with van der Waals surface area (Å²) in [6, 6.07) is 3.91. The van der Waals surface area contributed by atoms with Crippen molar-refractivity contribution in [3.8, 4) is 0 Å². The van der Waals surface area contributed by atoms with Gasteiger partial charge in [0, 0.05) is 50.9 Å². The van der Waals surface area contributed by atoms with E-state index in [4.69, 9.17) is 9.47 Å². The van der Waals surface area contributed by atoms with E-state index in [0.29, 0.717) is 18.9 Å². The maximum Gasteiger partial charge on any atom is 0.272 e. The zero-order chi connectivity index (χ0) is 15.7. The Balaban J connectivity index is 1.45. The van der Waals surface area contributed by atoms with E-state index in [1.807, 2.05) is 17.0 Å². The van der Waals surface area contributed by atoms with Crippen LogP contribution in [-0.2, 0) is 9.47 Å². The van der Waals surface area contributed by atoms with Gasteiger partial charge in [0.05, 0.1) is 13.2 Å². The van der Waals surface area contributed by atoms with E-state index in [9.17, 15) is 4.79 Å². The first-order valence-electron chi connectivity index (χ1n) is 8.54. The van der Waals surface area contributed by atoms with Crippen LogP contribution in [0, 0.1) is 0 Å². The van der Waals surface area contributed by atoms with Crippen LogP contribution in [0.2, 0.25) is 0 Å². The van der Waals surface area contributed by atoms with E-state index in [-0.39, 0.29) is 11.7 Å². The number of aromatic nitrogens is 1. The van der Waals surface area contributed by atoms with E-state index in [1.54, 1.807) is 6.20 Å². The lowest BCUT2D eigenvalue weighted by Gasteiger charge is -2.38. The SMILES string of the molecule is O=C(c1cc(N2CCC3(CC2)OCCO3)ccn1)N1CCCC1. The van der Waals surface area contributed by atoms with E-state index < -0.39 is 0 Å². The van der Waals surface area contributed by atoms with Gasteiger partial charge in [0.1, 0.15) is 5.69 Å². The van der Waals surface area contributed by atoms with Crippen LogP contribution < -0.4 is 4.90 Å². The number of anilines is 1. The van der Waals surface area contributed by atoms with Gasteiger partial charge in [-0.05, 0) is 25.0 Å². The van der Waals surface area contributed by atoms with Crippen molar-refractivity contribution in [2.45, 2.75) is 31.5 Å². The minimum absolute atomic E-state index is 0.0558. The fraction of sp³-hybridized carbons (Fsp3) is 0.647. The lowest BCUT2D eigenvalue weighted by molar-refractivity contribution is -0.169. The van der Waals surface area contributed by atoms with Crippen LogP contribution in [0.5, 0.6) is 0 Å². The highest BCUT2D eigenvalue weighted by atomic mass is 16.7. The van der Waals surface area contributed by atoms with Crippen molar-refractivity contribution >= 4 is 11.6 Å². The lowest BCUT2D eigenvalue weighted by Crippen LogP contribution is -2.45. The molecule has 1 spiro atoms. The molecule has 4 heterocycles. The highest BCUT2D eigenvalue weighted by Gasteiger charge is 2.39. The topological polar surface area (TPSA) is 54.9 Å². The number of pyridine rings is 1. The van der Waals surface area contributed by atoms with Crippen molar-refractivity contribution in [3.05, 3.63) is 24.0 Å². The fourth-order valence-electron chi connectivity index (χ4n) is 3.71. The van der Waals surface area contributed by atoms with Crippen molar-refractivity contribution < 1.29 is 14.3 Å². The molecule has 124 valence electrons. The standard InChI is InChI=1S/C17H23N3O3/c21-16(20-7-1-2-8-20)15-13-14(3-6-18-15)19-9-4-17(5-10-19)22-11-12-23-17/h3,6,13H,1-2,4-5,7-12H2. The predicted octanol–water partition coefficient (Wildman–Crippen LogP) is 1.66. The summed E-state index contributed by atoms with van der Waals surface area (Å²) in [4.78, 5) is 21.0. The lowest BCUT2D eigenvalue weighted by atomic mass is 10.0. The average molecular weight is 317 g/mol. The number of hydrogen-bond donors (Lipinski definition) is 0. The first-order chi connectivity index (χ1) is 11.3. The third kappa shape index (κ3) is 2.93. The quantitative estimate of drug-likeness (QED) is 0.830.